The molecule has 140 valence electrons. The van der Waals surface area contributed by atoms with Gasteiger partial charge in [0.15, 0.2) is 0 Å². The van der Waals surface area contributed by atoms with E-state index < -0.39 is 15.4 Å². The van der Waals surface area contributed by atoms with Gasteiger partial charge in [-0.25, -0.2) is 8.42 Å². The molecule has 3 rings (SSSR count). The van der Waals surface area contributed by atoms with Gasteiger partial charge in [-0.1, -0.05) is 47.5 Å². The van der Waals surface area contributed by atoms with E-state index in [2.05, 4.69) is 0 Å². The second-order valence-corrected chi connectivity index (χ2v) is 9.59. The predicted molar refractivity (Wildman–Crippen MR) is 104 cm³/mol. The molecule has 1 heterocycles. The van der Waals surface area contributed by atoms with E-state index >= 15 is 0 Å². The summed E-state index contributed by atoms with van der Waals surface area (Å²) in [5, 5.41) is 10.9. The quantitative estimate of drug-likeness (QED) is 0.805. The van der Waals surface area contributed by atoms with Gasteiger partial charge in [-0.3, -0.25) is 0 Å². The Morgan fingerprint density at radius 2 is 1.88 bits per heavy atom. The Bertz CT molecular complexity index is 888. The molecule has 1 fully saturated rings. The van der Waals surface area contributed by atoms with Gasteiger partial charge >= 0.3 is 0 Å². The maximum Gasteiger partial charge on any atom is 0.244 e. The summed E-state index contributed by atoms with van der Waals surface area (Å²) in [5.41, 5.74) is 0.459. The fraction of sp³-hybridized carbons (Fsp3) is 0.368. The van der Waals surface area contributed by atoms with Crippen molar-refractivity contribution in [2.24, 2.45) is 5.41 Å². The molecule has 0 spiro atoms. The summed E-state index contributed by atoms with van der Waals surface area (Å²) in [6.07, 6.45) is 2.01. The summed E-state index contributed by atoms with van der Waals surface area (Å²) >= 11 is 12.2. The van der Waals surface area contributed by atoms with E-state index in [0.717, 1.165) is 12.0 Å². The molecule has 0 bridgehead atoms. The SMILES string of the molecule is O=S(=O)(c1ccccc1Cl)N1CCC[C@](CO)(Cc2cccc(Cl)c2)C1. The van der Waals surface area contributed by atoms with Crippen molar-refractivity contribution in [2.75, 3.05) is 19.7 Å². The van der Waals surface area contributed by atoms with Crippen LogP contribution in [0.3, 0.4) is 0 Å². The second-order valence-electron chi connectivity index (χ2n) is 6.84. The van der Waals surface area contributed by atoms with Crippen LogP contribution in [0.2, 0.25) is 10.0 Å². The van der Waals surface area contributed by atoms with Crippen LogP contribution in [0.5, 0.6) is 0 Å². The van der Waals surface area contributed by atoms with Gasteiger partial charge in [0, 0.05) is 23.5 Å². The first kappa shape index (κ1) is 19.6. The summed E-state index contributed by atoms with van der Waals surface area (Å²) in [6, 6.07) is 13.9. The first-order valence-electron chi connectivity index (χ1n) is 8.46. The highest BCUT2D eigenvalue weighted by atomic mass is 35.5. The first-order valence-corrected chi connectivity index (χ1v) is 10.7. The summed E-state index contributed by atoms with van der Waals surface area (Å²) < 4.78 is 27.6. The molecule has 1 N–H and O–H groups in total. The van der Waals surface area contributed by atoms with Crippen LogP contribution < -0.4 is 0 Å². The Morgan fingerprint density at radius 3 is 2.58 bits per heavy atom. The molecular weight excluding hydrogens is 393 g/mol. The zero-order valence-corrected chi connectivity index (χ0v) is 16.6. The Balaban J connectivity index is 1.88. The number of sulfonamides is 1. The van der Waals surface area contributed by atoms with E-state index in [1.165, 1.54) is 10.4 Å². The molecule has 2 aromatic carbocycles. The van der Waals surface area contributed by atoms with E-state index in [0.29, 0.717) is 24.4 Å². The normalized spacial score (nSPS) is 21.7. The van der Waals surface area contributed by atoms with Crippen LogP contribution in [-0.4, -0.2) is 37.5 Å². The molecule has 2 aromatic rings. The lowest BCUT2D eigenvalue weighted by Crippen LogP contribution is -2.48. The molecule has 1 aliphatic heterocycles. The monoisotopic (exact) mass is 413 g/mol. The van der Waals surface area contributed by atoms with E-state index in [-0.39, 0.29) is 23.1 Å². The number of nitrogens with zero attached hydrogens (tertiary/aromatic N) is 1. The number of hydrogen-bond acceptors (Lipinski definition) is 3. The zero-order chi connectivity index (χ0) is 18.8. The molecular formula is C19H21Cl2NO3S. The molecule has 26 heavy (non-hydrogen) atoms. The molecule has 0 unspecified atom stereocenters. The van der Waals surface area contributed by atoms with Crippen LogP contribution in [0.25, 0.3) is 0 Å². The van der Waals surface area contributed by atoms with E-state index in [9.17, 15) is 13.5 Å². The van der Waals surface area contributed by atoms with Crippen molar-refractivity contribution in [2.45, 2.75) is 24.2 Å². The van der Waals surface area contributed by atoms with Crippen LogP contribution in [-0.2, 0) is 16.4 Å². The van der Waals surface area contributed by atoms with Gasteiger partial charge in [-0.05, 0) is 49.1 Å². The standard InChI is InChI=1S/C19H21Cl2NO3S/c20-16-6-3-5-15(11-16)12-19(14-23)9-4-10-22(13-19)26(24,25)18-8-2-1-7-17(18)21/h1-3,5-8,11,23H,4,9-10,12-14H2/t19-/m0/s1. The van der Waals surface area contributed by atoms with Crippen molar-refractivity contribution in [3.63, 3.8) is 0 Å². The molecule has 0 amide bonds. The van der Waals surface area contributed by atoms with Crippen molar-refractivity contribution in [1.29, 1.82) is 0 Å². The minimum Gasteiger partial charge on any atom is -0.396 e. The van der Waals surface area contributed by atoms with Crippen LogP contribution in [0, 0.1) is 5.41 Å². The fourth-order valence-corrected chi connectivity index (χ4v) is 5.87. The second kappa shape index (κ2) is 7.87. The number of aliphatic hydroxyl groups excluding tert-OH is 1. The number of piperidine rings is 1. The molecule has 0 saturated carbocycles. The minimum atomic E-state index is -3.71. The molecule has 1 atom stereocenters. The van der Waals surface area contributed by atoms with Crippen LogP contribution in [0.1, 0.15) is 18.4 Å². The van der Waals surface area contributed by atoms with E-state index in [1.807, 2.05) is 18.2 Å². The lowest BCUT2D eigenvalue weighted by molar-refractivity contribution is 0.0645. The molecule has 4 nitrogen and oxygen atoms in total. The van der Waals surface area contributed by atoms with Gasteiger partial charge in [-0.15, -0.1) is 0 Å². The Hall–Kier alpha value is -1.11. The van der Waals surface area contributed by atoms with Gasteiger partial charge < -0.3 is 5.11 Å². The Labute approximate surface area is 164 Å². The van der Waals surface area contributed by atoms with Gasteiger partial charge in [0.2, 0.25) is 10.0 Å². The molecule has 0 radical (unpaired) electrons. The Kier molecular flexibility index (Phi) is 5.94. The van der Waals surface area contributed by atoms with Crippen molar-refractivity contribution in [3.8, 4) is 0 Å². The average Bonchev–Trinajstić information content (AvgIpc) is 2.62. The van der Waals surface area contributed by atoms with E-state index in [4.69, 9.17) is 23.2 Å². The highest BCUT2D eigenvalue weighted by molar-refractivity contribution is 7.89. The third-order valence-electron chi connectivity index (χ3n) is 4.88. The fourth-order valence-electron chi connectivity index (χ4n) is 3.57. The van der Waals surface area contributed by atoms with Gasteiger partial charge in [-0.2, -0.15) is 4.31 Å². The van der Waals surface area contributed by atoms with Crippen molar-refractivity contribution in [1.82, 2.24) is 4.31 Å². The van der Waals surface area contributed by atoms with Crippen molar-refractivity contribution in [3.05, 3.63) is 64.1 Å². The molecule has 7 heteroatoms. The van der Waals surface area contributed by atoms with Crippen LogP contribution in [0.15, 0.2) is 53.4 Å². The minimum absolute atomic E-state index is 0.0892. The average molecular weight is 414 g/mol. The van der Waals surface area contributed by atoms with Crippen LogP contribution >= 0.6 is 23.2 Å². The Morgan fingerprint density at radius 1 is 1.12 bits per heavy atom. The summed E-state index contributed by atoms with van der Waals surface area (Å²) in [4.78, 5) is 0.109. The molecule has 0 aliphatic carbocycles. The maximum atomic E-state index is 13.1. The number of aliphatic hydroxyl groups is 1. The lowest BCUT2D eigenvalue weighted by Gasteiger charge is -2.41. The largest absolute Gasteiger partial charge is 0.396 e. The number of benzene rings is 2. The van der Waals surface area contributed by atoms with Crippen molar-refractivity contribution >= 4 is 33.2 Å². The lowest BCUT2D eigenvalue weighted by atomic mass is 9.76. The first-order chi connectivity index (χ1) is 12.4. The summed E-state index contributed by atoms with van der Waals surface area (Å²) in [7, 11) is -3.71. The highest BCUT2D eigenvalue weighted by Gasteiger charge is 2.40. The van der Waals surface area contributed by atoms with E-state index in [1.54, 1.807) is 24.3 Å². The van der Waals surface area contributed by atoms with Gasteiger partial charge in [0.1, 0.15) is 4.90 Å². The third kappa shape index (κ3) is 4.07. The summed E-state index contributed by atoms with van der Waals surface area (Å²) in [5.74, 6) is 0. The summed E-state index contributed by atoms with van der Waals surface area (Å²) in [6.45, 7) is 0.586. The highest BCUT2D eigenvalue weighted by Crippen LogP contribution is 2.37. The van der Waals surface area contributed by atoms with Gasteiger partial charge in [0.05, 0.1) is 11.6 Å². The zero-order valence-electron chi connectivity index (χ0n) is 14.2. The molecule has 1 saturated heterocycles. The number of halogens is 2. The topological polar surface area (TPSA) is 57.6 Å². The predicted octanol–water partition coefficient (Wildman–Crippen LogP) is 4.00. The molecule has 0 aromatic heterocycles. The number of hydrogen-bond donors (Lipinski definition) is 1. The third-order valence-corrected chi connectivity index (χ3v) is 7.46. The molecule has 1 aliphatic rings. The number of rotatable bonds is 5. The smallest absolute Gasteiger partial charge is 0.244 e. The maximum absolute atomic E-state index is 13.1. The van der Waals surface area contributed by atoms with Crippen LogP contribution in [0.4, 0.5) is 0 Å². The van der Waals surface area contributed by atoms with Crippen molar-refractivity contribution < 1.29 is 13.5 Å². The van der Waals surface area contributed by atoms with Gasteiger partial charge in [0.25, 0.3) is 0 Å².